The van der Waals surface area contributed by atoms with Crippen molar-refractivity contribution in [3.63, 3.8) is 0 Å². The number of amides is 1. The Morgan fingerprint density at radius 2 is 1.87 bits per heavy atom. The number of sulfonamides is 1. The minimum Gasteiger partial charge on any atom is -0.455 e. The third-order valence-electron chi connectivity index (χ3n) is 5.36. The SMILES string of the molecule is CNC(=O)c1c(-c2ccc(F)cc2)oc2cc3c(cc12)C(C)OC(C)CN3S(C)(=O)=O. The second-order valence-electron chi connectivity index (χ2n) is 7.68. The van der Waals surface area contributed by atoms with E-state index in [0.717, 1.165) is 6.26 Å². The number of carbonyl (C=O) groups excluding carboxylic acids is 1. The van der Waals surface area contributed by atoms with Crippen LogP contribution in [0.15, 0.2) is 40.8 Å². The summed E-state index contributed by atoms with van der Waals surface area (Å²) in [5.74, 6) is -0.493. The van der Waals surface area contributed by atoms with Gasteiger partial charge in [0.1, 0.15) is 17.2 Å². The number of benzene rings is 2. The van der Waals surface area contributed by atoms with Crippen molar-refractivity contribution in [1.82, 2.24) is 5.32 Å². The first-order chi connectivity index (χ1) is 14.6. The van der Waals surface area contributed by atoms with Crippen LogP contribution in [0.4, 0.5) is 10.1 Å². The highest BCUT2D eigenvalue weighted by atomic mass is 32.2. The Balaban J connectivity index is 2.03. The molecular formula is C22H23FN2O5S. The number of fused-ring (bicyclic) bond motifs is 2. The Labute approximate surface area is 179 Å². The molecule has 2 atom stereocenters. The van der Waals surface area contributed by atoms with E-state index in [1.165, 1.54) is 35.6 Å². The lowest BCUT2D eigenvalue weighted by Gasteiger charge is -2.23. The third-order valence-corrected chi connectivity index (χ3v) is 6.51. The Kier molecular flexibility index (Phi) is 5.26. The number of nitrogens with zero attached hydrogens (tertiary/aromatic N) is 1. The summed E-state index contributed by atoms with van der Waals surface area (Å²) < 4.78 is 51.7. The Hall–Kier alpha value is -2.91. The van der Waals surface area contributed by atoms with Crippen LogP contribution >= 0.6 is 0 Å². The molecule has 0 bridgehead atoms. The molecule has 31 heavy (non-hydrogen) atoms. The van der Waals surface area contributed by atoms with E-state index < -0.39 is 21.9 Å². The number of hydrogen-bond donors (Lipinski definition) is 1. The van der Waals surface area contributed by atoms with Gasteiger partial charge < -0.3 is 14.5 Å². The van der Waals surface area contributed by atoms with Crippen molar-refractivity contribution >= 4 is 32.6 Å². The fourth-order valence-electron chi connectivity index (χ4n) is 3.96. The molecule has 1 aromatic heterocycles. The first-order valence-electron chi connectivity index (χ1n) is 9.81. The van der Waals surface area contributed by atoms with Crippen molar-refractivity contribution in [3.05, 3.63) is 53.3 Å². The van der Waals surface area contributed by atoms with E-state index in [1.807, 2.05) is 13.8 Å². The van der Waals surface area contributed by atoms with Gasteiger partial charge in [-0.05, 0) is 44.2 Å². The lowest BCUT2D eigenvalue weighted by Crippen LogP contribution is -2.35. The van der Waals surface area contributed by atoms with E-state index in [2.05, 4.69) is 5.32 Å². The highest BCUT2D eigenvalue weighted by molar-refractivity contribution is 7.92. The zero-order valence-corrected chi connectivity index (χ0v) is 18.4. The molecule has 0 fully saturated rings. The number of anilines is 1. The van der Waals surface area contributed by atoms with Gasteiger partial charge in [0.2, 0.25) is 10.0 Å². The van der Waals surface area contributed by atoms with Gasteiger partial charge in [0, 0.05) is 29.6 Å². The molecule has 3 aromatic rings. The smallest absolute Gasteiger partial charge is 0.255 e. The molecule has 1 aliphatic heterocycles. The maximum Gasteiger partial charge on any atom is 0.255 e. The molecule has 0 radical (unpaired) electrons. The normalized spacial score (nSPS) is 19.2. The van der Waals surface area contributed by atoms with Crippen LogP contribution < -0.4 is 9.62 Å². The number of halogens is 1. The van der Waals surface area contributed by atoms with Crippen LogP contribution in [-0.2, 0) is 14.8 Å². The molecule has 7 nitrogen and oxygen atoms in total. The maximum atomic E-state index is 13.4. The quantitative estimate of drug-likeness (QED) is 0.660. The molecule has 2 heterocycles. The van der Waals surface area contributed by atoms with Crippen molar-refractivity contribution in [2.45, 2.75) is 26.1 Å². The molecule has 4 rings (SSSR count). The predicted octanol–water partition coefficient (Wildman–Crippen LogP) is 3.84. The maximum absolute atomic E-state index is 13.4. The third kappa shape index (κ3) is 3.79. The van der Waals surface area contributed by atoms with Crippen LogP contribution in [0.2, 0.25) is 0 Å². The summed E-state index contributed by atoms with van der Waals surface area (Å²) in [5.41, 5.74) is 2.27. The Bertz CT molecular complexity index is 1270. The first-order valence-corrected chi connectivity index (χ1v) is 11.7. The van der Waals surface area contributed by atoms with Gasteiger partial charge >= 0.3 is 0 Å². The largest absolute Gasteiger partial charge is 0.455 e. The second-order valence-corrected chi connectivity index (χ2v) is 9.59. The van der Waals surface area contributed by atoms with Gasteiger partial charge in [-0.3, -0.25) is 9.10 Å². The number of nitrogens with one attached hydrogen (secondary N) is 1. The zero-order valence-electron chi connectivity index (χ0n) is 17.6. The standard InChI is InChI=1S/C22H23FN2O5S/c1-12-11-25(31(4,27)28)18-10-19-17(9-16(18)13(2)29-12)20(22(26)24-3)21(30-19)14-5-7-15(23)8-6-14/h5-10,12-13H,11H2,1-4H3,(H,24,26). The van der Waals surface area contributed by atoms with E-state index in [4.69, 9.17) is 9.15 Å². The number of furan rings is 1. The molecule has 0 saturated heterocycles. The monoisotopic (exact) mass is 446 g/mol. The molecule has 0 saturated carbocycles. The number of hydrogen-bond acceptors (Lipinski definition) is 5. The summed E-state index contributed by atoms with van der Waals surface area (Å²) in [5, 5.41) is 3.14. The molecule has 1 aliphatic rings. The predicted molar refractivity (Wildman–Crippen MR) is 116 cm³/mol. The average Bonchev–Trinajstić information content (AvgIpc) is 3.02. The van der Waals surface area contributed by atoms with Gasteiger partial charge in [0.25, 0.3) is 5.91 Å². The van der Waals surface area contributed by atoms with Crippen LogP contribution in [0.3, 0.4) is 0 Å². The Morgan fingerprint density at radius 1 is 1.19 bits per heavy atom. The van der Waals surface area contributed by atoms with Crippen molar-refractivity contribution in [3.8, 4) is 11.3 Å². The molecule has 2 unspecified atom stereocenters. The number of ether oxygens (including phenoxy) is 1. The topological polar surface area (TPSA) is 88.8 Å². The van der Waals surface area contributed by atoms with Crippen molar-refractivity contribution in [2.24, 2.45) is 0 Å². The van der Waals surface area contributed by atoms with Crippen LogP contribution in [0.25, 0.3) is 22.3 Å². The molecule has 1 N–H and O–H groups in total. The fourth-order valence-corrected chi connectivity index (χ4v) is 4.95. The first kappa shape index (κ1) is 21.3. The minimum absolute atomic E-state index is 0.162. The summed E-state index contributed by atoms with van der Waals surface area (Å²) >= 11 is 0. The Morgan fingerprint density at radius 3 is 2.48 bits per heavy atom. The van der Waals surface area contributed by atoms with Gasteiger partial charge in [-0.1, -0.05) is 0 Å². The van der Waals surface area contributed by atoms with Crippen molar-refractivity contribution < 1.29 is 26.8 Å². The molecule has 164 valence electrons. The van der Waals surface area contributed by atoms with Crippen LogP contribution in [0, 0.1) is 5.82 Å². The molecule has 0 aliphatic carbocycles. The van der Waals surface area contributed by atoms with Crippen LogP contribution in [-0.4, -0.2) is 40.3 Å². The summed E-state index contributed by atoms with van der Waals surface area (Å²) in [6.45, 7) is 3.82. The lowest BCUT2D eigenvalue weighted by molar-refractivity contribution is 0.0175. The highest BCUT2D eigenvalue weighted by Crippen LogP contribution is 2.41. The molecular weight excluding hydrogens is 423 g/mol. The zero-order chi connectivity index (χ0) is 22.5. The van der Waals surface area contributed by atoms with Gasteiger partial charge in [-0.25, -0.2) is 12.8 Å². The van der Waals surface area contributed by atoms with Gasteiger partial charge in [0.05, 0.1) is 36.3 Å². The van der Waals surface area contributed by atoms with E-state index in [1.54, 1.807) is 12.1 Å². The van der Waals surface area contributed by atoms with Crippen LogP contribution in [0.1, 0.15) is 35.9 Å². The summed E-state index contributed by atoms with van der Waals surface area (Å²) in [6.07, 6.45) is 0.422. The highest BCUT2D eigenvalue weighted by Gasteiger charge is 2.32. The summed E-state index contributed by atoms with van der Waals surface area (Å²) in [4.78, 5) is 12.8. The van der Waals surface area contributed by atoms with Crippen molar-refractivity contribution in [2.75, 3.05) is 24.2 Å². The second kappa shape index (κ2) is 7.65. The fraction of sp³-hybridized carbons (Fsp3) is 0.318. The lowest BCUT2D eigenvalue weighted by atomic mass is 10.0. The van der Waals surface area contributed by atoms with Gasteiger partial charge in [-0.15, -0.1) is 0 Å². The number of rotatable bonds is 3. The number of carbonyl (C=O) groups is 1. The van der Waals surface area contributed by atoms with E-state index >= 15 is 0 Å². The van der Waals surface area contributed by atoms with E-state index in [0.29, 0.717) is 33.3 Å². The van der Waals surface area contributed by atoms with E-state index in [-0.39, 0.29) is 24.3 Å². The summed E-state index contributed by atoms with van der Waals surface area (Å²) in [6, 6.07) is 9.00. The summed E-state index contributed by atoms with van der Waals surface area (Å²) in [7, 11) is -2.07. The van der Waals surface area contributed by atoms with Crippen LogP contribution in [0.5, 0.6) is 0 Å². The molecule has 2 aromatic carbocycles. The molecule has 1 amide bonds. The van der Waals surface area contributed by atoms with Gasteiger partial charge in [0.15, 0.2) is 0 Å². The minimum atomic E-state index is -3.58. The van der Waals surface area contributed by atoms with Gasteiger partial charge in [-0.2, -0.15) is 0 Å². The van der Waals surface area contributed by atoms with E-state index in [9.17, 15) is 17.6 Å². The van der Waals surface area contributed by atoms with Crippen molar-refractivity contribution in [1.29, 1.82) is 0 Å². The molecule has 9 heteroatoms. The average molecular weight is 447 g/mol. The molecule has 0 spiro atoms.